The first-order valence-electron chi connectivity index (χ1n) is 8.00. The number of piperidine rings is 1. The molecule has 0 unspecified atom stereocenters. The van der Waals surface area contributed by atoms with Crippen LogP contribution in [0.4, 0.5) is 0 Å². The van der Waals surface area contributed by atoms with Gasteiger partial charge in [-0.2, -0.15) is 0 Å². The molecule has 0 N–H and O–H groups in total. The molecule has 0 radical (unpaired) electrons. The van der Waals surface area contributed by atoms with Gasteiger partial charge in [-0.1, -0.05) is 0 Å². The molecule has 0 aliphatic carbocycles. The highest BCUT2D eigenvalue weighted by atomic mass is 16.5. The highest BCUT2D eigenvalue weighted by Gasteiger charge is 2.21. The first-order chi connectivity index (χ1) is 10.2. The van der Waals surface area contributed by atoms with Gasteiger partial charge in [0.2, 0.25) is 11.8 Å². The van der Waals surface area contributed by atoms with E-state index in [2.05, 4.69) is 4.90 Å². The minimum atomic E-state index is -0.0198. The predicted octanol–water partition coefficient (Wildman–Crippen LogP) is 0.180. The monoisotopic (exact) mass is 297 g/mol. The Bertz CT molecular complexity index is 350. The first-order valence-corrected chi connectivity index (χ1v) is 8.00. The third kappa shape index (κ3) is 5.28. The zero-order valence-electron chi connectivity index (χ0n) is 13.1. The molecule has 0 aromatic heterocycles. The van der Waals surface area contributed by atoms with Crippen molar-refractivity contribution in [3.05, 3.63) is 0 Å². The molecule has 0 aromatic rings. The van der Waals surface area contributed by atoms with Gasteiger partial charge in [-0.3, -0.25) is 14.5 Å². The molecular weight excluding hydrogens is 270 g/mol. The van der Waals surface area contributed by atoms with Gasteiger partial charge in [0, 0.05) is 46.2 Å². The number of hydrogen-bond donors (Lipinski definition) is 0. The molecule has 2 fully saturated rings. The molecular formula is C15H27N3O3. The molecule has 0 atom stereocenters. The SMILES string of the molecule is CC(=O)N(CCN1CCOCC1)CC(=O)N1CCCCC1. The van der Waals surface area contributed by atoms with Crippen molar-refractivity contribution in [3.63, 3.8) is 0 Å². The summed E-state index contributed by atoms with van der Waals surface area (Å²) in [6, 6.07) is 0. The van der Waals surface area contributed by atoms with Crippen LogP contribution in [-0.2, 0) is 14.3 Å². The van der Waals surface area contributed by atoms with E-state index in [0.717, 1.165) is 58.8 Å². The molecule has 2 aliphatic rings. The number of likely N-dealkylation sites (tertiary alicyclic amines) is 1. The van der Waals surface area contributed by atoms with Crippen LogP contribution in [0.2, 0.25) is 0 Å². The average molecular weight is 297 g/mol. The Kier molecular flexibility index (Phi) is 6.45. The van der Waals surface area contributed by atoms with Gasteiger partial charge in [-0.25, -0.2) is 0 Å². The van der Waals surface area contributed by atoms with Crippen molar-refractivity contribution in [3.8, 4) is 0 Å². The van der Waals surface area contributed by atoms with Crippen LogP contribution in [0.5, 0.6) is 0 Å². The van der Waals surface area contributed by atoms with Crippen molar-refractivity contribution in [2.75, 3.05) is 59.0 Å². The normalized spacial score (nSPS) is 20.3. The van der Waals surface area contributed by atoms with Gasteiger partial charge in [0.05, 0.1) is 19.8 Å². The van der Waals surface area contributed by atoms with Gasteiger partial charge in [0.1, 0.15) is 0 Å². The number of rotatable bonds is 5. The van der Waals surface area contributed by atoms with Crippen molar-refractivity contribution in [1.29, 1.82) is 0 Å². The number of hydrogen-bond acceptors (Lipinski definition) is 4. The van der Waals surface area contributed by atoms with Crippen LogP contribution in [0, 0.1) is 0 Å². The molecule has 0 aromatic carbocycles. The zero-order valence-corrected chi connectivity index (χ0v) is 13.1. The number of carbonyl (C=O) groups is 2. The molecule has 2 heterocycles. The summed E-state index contributed by atoms with van der Waals surface area (Å²) >= 11 is 0. The summed E-state index contributed by atoms with van der Waals surface area (Å²) in [6.07, 6.45) is 3.37. The van der Waals surface area contributed by atoms with E-state index in [0.29, 0.717) is 6.54 Å². The third-order valence-corrected chi connectivity index (χ3v) is 4.27. The number of nitrogens with zero attached hydrogens (tertiary/aromatic N) is 3. The maximum Gasteiger partial charge on any atom is 0.242 e. The van der Waals surface area contributed by atoms with Gasteiger partial charge < -0.3 is 14.5 Å². The summed E-state index contributed by atoms with van der Waals surface area (Å²) in [5, 5.41) is 0. The largest absolute Gasteiger partial charge is 0.379 e. The van der Waals surface area contributed by atoms with E-state index in [9.17, 15) is 9.59 Å². The number of ether oxygens (including phenoxy) is 1. The van der Waals surface area contributed by atoms with Crippen molar-refractivity contribution < 1.29 is 14.3 Å². The second kappa shape index (κ2) is 8.34. The van der Waals surface area contributed by atoms with E-state index < -0.39 is 0 Å². The van der Waals surface area contributed by atoms with Crippen molar-refractivity contribution in [2.45, 2.75) is 26.2 Å². The first kappa shape index (κ1) is 16.2. The molecule has 2 saturated heterocycles. The fraction of sp³-hybridized carbons (Fsp3) is 0.867. The standard InChI is InChI=1S/C15H27N3O3/c1-14(19)18(8-7-16-9-11-21-12-10-16)13-15(20)17-5-3-2-4-6-17/h2-13H2,1H3. The fourth-order valence-corrected chi connectivity index (χ4v) is 2.84. The van der Waals surface area contributed by atoms with Crippen LogP contribution >= 0.6 is 0 Å². The molecule has 6 heteroatoms. The van der Waals surface area contributed by atoms with Gasteiger partial charge in [-0.05, 0) is 19.3 Å². The minimum absolute atomic E-state index is 0.0198. The molecule has 0 bridgehead atoms. The zero-order chi connectivity index (χ0) is 15.1. The van der Waals surface area contributed by atoms with E-state index in [1.54, 1.807) is 11.8 Å². The van der Waals surface area contributed by atoms with E-state index in [-0.39, 0.29) is 18.4 Å². The number of amides is 2. The molecule has 6 nitrogen and oxygen atoms in total. The summed E-state index contributed by atoms with van der Waals surface area (Å²) < 4.78 is 5.31. The Morgan fingerprint density at radius 2 is 1.71 bits per heavy atom. The highest BCUT2D eigenvalue weighted by molar-refractivity contribution is 5.83. The molecule has 0 spiro atoms. The lowest BCUT2D eigenvalue weighted by Gasteiger charge is -2.32. The highest BCUT2D eigenvalue weighted by Crippen LogP contribution is 2.09. The average Bonchev–Trinajstić information content (AvgIpc) is 2.52. The summed E-state index contributed by atoms with van der Waals surface area (Å²) in [4.78, 5) is 29.9. The second-order valence-electron chi connectivity index (χ2n) is 5.84. The van der Waals surface area contributed by atoms with E-state index in [1.165, 1.54) is 6.42 Å². The van der Waals surface area contributed by atoms with Crippen LogP contribution in [-0.4, -0.2) is 85.5 Å². The smallest absolute Gasteiger partial charge is 0.242 e. The summed E-state index contributed by atoms with van der Waals surface area (Å²) in [7, 11) is 0. The van der Waals surface area contributed by atoms with Gasteiger partial charge in [-0.15, -0.1) is 0 Å². The maximum absolute atomic E-state index is 12.3. The number of morpholine rings is 1. The molecule has 2 aliphatic heterocycles. The molecule has 2 amide bonds. The summed E-state index contributed by atoms with van der Waals surface area (Å²) in [5.74, 6) is 0.0699. The molecule has 21 heavy (non-hydrogen) atoms. The fourth-order valence-electron chi connectivity index (χ4n) is 2.84. The summed E-state index contributed by atoms with van der Waals surface area (Å²) in [5.41, 5.74) is 0. The second-order valence-corrected chi connectivity index (χ2v) is 5.84. The van der Waals surface area contributed by atoms with Crippen molar-refractivity contribution in [2.24, 2.45) is 0 Å². The van der Waals surface area contributed by atoms with E-state index in [1.807, 2.05) is 4.90 Å². The van der Waals surface area contributed by atoms with E-state index in [4.69, 9.17) is 4.74 Å². The lowest BCUT2D eigenvalue weighted by molar-refractivity contribution is -0.140. The molecule has 0 saturated carbocycles. The predicted molar refractivity (Wildman–Crippen MR) is 79.9 cm³/mol. The van der Waals surface area contributed by atoms with Crippen LogP contribution in [0.25, 0.3) is 0 Å². The topological polar surface area (TPSA) is 53.1 Å². The molecule has 120 valence electrons. The molecule has 2 rings (SSSR count). The Hall–Kier alpha value is -1.14. The minimum Gasteiger partial charge on any atom is -0.379 e. The Balaban J connectivity index is 1.77. The lowest BCUT2D eigenvalue weighted by Crippen LogP contribution is -2.47. The number of carbonyl (C=O) groups excluding carboxylic acids is 2. The lowest BCUT2D eigenvalue weighted by atomic mass is 10.1. The Morgan fingerprint density at radius 3 is 2.33 bits per heavy atom. The van der Waals surface area contributed by atoms with Crippen molar-refractivity contribution >= 4 is 11.8 Å². The van der Waals surface area contributed by atoms with Gasteiger partial charge >= 0.3 is 0 Å². The van der Waals surface area contributed by atoms with Crippen LogP contribution in [0.1, 0.15) is 26.2 Å². The van der Waals surface area contributed by atoms with Crippen LogP contribution in [0.15, 0.2) is 0 Å². The van der Waals surface area contributed by atoms with Gasteiger partial charge in [0.25, 0.3) is 0 Å². The Morgan fingerprint density at radius 1 is 1.05 bits per heavy atom. The quantitative estimate of drug-likeness (QED) is 0.726. The Labute approximate surface area is 127 Å². The third-order valence-electron chi connectivity index (χ3n) is 4.27. The van der Waals surface area contributed by atoms with Crippen LogP contribution in [0.3, 0.4) is 0 Å². The summed E-state index contributed by atoms with van der Waals surface area (Å²) in [6.45, 7) is 8.22. The van der Waals surface area contributed by atoms with Crippen molar-refractivity contribution in [1.82, 2.24) is 14.7 Å². The van der Waals surface area contributed by atoms with Crippen LogP contribution < -0.4 is 0 Å². The van der Waals surface area contributed by atoms with E-state index >= 15 is 0 Å². The van der Waals surface area contributed by atoms with Gasteiger partial charge in [0.15, 0.2) is 0 Å². The maximum atomic E-state index is 12.3.